The molecule has 0 atom stereocenters. The molecule has 3 nitrogen and oxygen atoms in total. The molecule has 0 fully saturated rings. The van der Waals surface area contributed by atoms with Gasteiger partial charge < -0.3 is 4.74 Å². The van der Waals surface area contributed by atoms with Crippen molar-refractivity contribution in [3.63, 3.8) is 0 Å². The molecule has 0 aliphatic carbocycles. The molecule has 0 saturated carbocycles. The molecule has 0 unspecified atom stereocenters. The van der Waals surface area contributed by atoms with Crippen LogP contribution < -0.4 is 5.32 Å². The van der Waals surface area contributed by atoms with E-state index in [0.717, 1.165) is 16.8 Å². The number of anilines is 1. The Bertz CT molecular complexity index is 568. The van der Waals surface area contributed by atoms with E-state index >= 15 is 0 Å². The predicted molar refractivity (Wildman–Crippen MR) is 81.7 cm³/mol. The van der Waals surface area contributed by atoms with E-state index in [0.29, 0.717) is 0 Å². The standard InChI is InChI=1S/C17H19NO2/c1-17(2,3)20-16(19)18-15-11-9-14(10-12-15)13-7-5-4-6-8-13/h4-12H,1-3H3,(H,18,19). The fourth-order valence-electron chi connectivity index (χ4n) is 1.80. The SMILES string of the molecule is CC(C)(C)OC(=O)Nc1ccc(-c2ccccc2)cc1. The lowest BCUT2D eigenvalue weighted by molar-refractivity contribution is 0.0636. The monoisotopic (exact) mass is 269 g/mol. The summed E-state index contributed by atoms with van der Waals surface area (Å²) in [6.45, 7) is 5.52. The van der Waals surface area contributed by atoms with Gasteiger partial charge in [0.1, 0.15) is 5.60 Å². The highest BCUT2D eigenvalue weighted by Gasteiger charge is 2.16. The molecule has 20 heavy (non-hydrogen) atoms. The molecule has 0 saturated heterocycles. The minimum atomic E-state index is -0.492. The summed E-state index contributed by atoms with van der Waals surface area (Å²) in [6.07, 6.45) is -0.440. The number of hydrogen-bond acceptors (Lipinski definition) is 2. The number of benzene rings is 2. The lowest BCUT2D eigenvalue weighted by Crippen LogP contribution is -2.27. The maximum atomic E-state index is 11.6. The Balaban J connectivity index is 2.04. The van der Waals surface area contributed by atoms with Gasteiger partial charge in [-0.1, -0.05) is 42.5 Å². The van der Waals surface area contributed by atoms with E-state index in [1.807, 2.05) is 63.2 Å². The van der Waals surface area contributed by atoms with Crippen molar-refractivity contribution in [2.24, 2.45) is 0 Å². The smallest absolute Gasteiger partial charge is 0.412 e. The Morgan fingerprint density at radius 2 is 1.45 bits per heavy atom. The Morgan fingerprint density at radius 3 is 2.00 bits per heavy atom. The Morgan fingerprint density at radius 1 is 0.900 bits per heavy atom. The lowest BCUT2D eigenvalue weighted by Gasteiger charge is -2.19. The zero-order chi connectivity index (χ0) is 14.6. The van der Waals surface area contributed by atoms with E-state index in [-0.39, 0.29) is 0 Å². The van der Waals surface area contributed by atoms with Crippen LogP contribution in [-0.2, 0) is 4.74 Å². The van der Waals surface area contributed by atoms with Crippen LogP contribution in [0.3, 0.4) is 0 Å². The van der Waals surface area contributed by atoms with Gasteiger partial charge in [0, 0.05) is 5.69 Å². The minimum absolute atomic E-state index is 0.440. The van der Waals surface area contributed by atoms with Crippen LogP contribution in [0.5, 0.6) is 0 Å². The highest BCUT2D eigenvalue weighted by Crippen LogP contribution is 2.21. The van der Waals surface area contributed by atoms with Crippen LogP contribution in [0.1, 0.15) is 20.8 Å². The second-order valence-electron chi connectivity index (χ2n) is 5.57. The van der Waals surface area contributed by atoms with E-state index in [2.05, 4.69) is 17.4 Å². The second-order valence-corrected chi connectivity index (χ2v) is 5.57. The van der Waals surface area contributed by atoms with Crippen molar-refractivity contribution in [2.45, 2.75) is 26.4 Å². The van der Waals surface area contributed by atoms with E-state index in [4.69, 9.17) is 4.74 Å². The van der Waals surface area contributed by atoms with Crippen LogP contribution in [0.2, 0.25) is 0 Å². The Kier molecular flexibility index (Phi) is 4.08. The Hall–Kier alpha value is -2.29. The summed E-state index contributed by atoms with van der Waals surface area (Å²) in [4.78, 5) is 11.6. The van der Waals surface area contributed by atoms with Crippen LogP contribution in [0.4, 0.5) is 10.5 Å². The van der Waals surface area contributed by atoms with Crippen LogP contribution in [0.15, 0.2) is 54.6 Å². The topological polar surface area (TPSA) is 38.3 Å². The van der Waals surface area contributed by atoms with E-state index in [1.54, 1.807) is 0 Å². The minimum Gasteiger partial charge on any atom is -0.444 e. The number of hydrogen-bond donors (Lipinski definition) is 1. The van der Waals surface area contributed by atoms with Gasteiger partial charge in [-0.05, 0) is 44.0 Å². The lowest BCUT2D eigenvalue weighted by atomic mass is 10.1. The molecule has 0 bridgehead atoms. The van der Waals surface area contributed by atoms with Crippen molar-refractivity contribution >= 4 is 11.8 Å². The normalized spacial score (nSPS) is 10.9. The van der Waals surface area contributed by atoms with E-state index in [9.17, 15) is 4.79 Å². The largest absolute Gasteiger partial charge is 0.444 e. The first-order valence-electron chi connectivity index (χ1n) is 6.59. The fraction of sp³-hybridized carbons (Fsp3) is 0.235. The van der Waals surface area contributed by atoms with Gasteiger partial charge in [-0.2, -0.15) is 0 Å². The zero-order valence-corrected chi connectivity index (χ0v) is 12.0. The molecule has 1 amide bonds. The third kappa shape index (κ3) is 4.12. The number of carbonyl (C=O) groups is 1. The summed E-state index contributed by atoms with van der Waals surface area (Å²) in [5, 5.41) is 2.72. The van der Waals surface area contributed by atoms with Crippen LogP contribution >= 0.6 is 0 Å². The van der Waals surface area contributed by atoms with Gasteiger partial charge in [0.15, 0.2) is 0 Å². The number of carbonyl (C=O) groups excluding carboxylic acids is 1. The molecule has 2 aromatic rings. The molecule has 0 spiro atoms. The van der Waals surface area contributed by atoms with Gasteiger partial charge in [-0.15, -0.1) is 0 Å². The van der Waals surface area contributed by atoms with Crippen LogP contribution in [-0.4, -0.2) is 11.7 Å². The van der Waals surface area contributed by atoms with Gasteiger partial charge in [-0.3, -0.25) is 5.32 Å². The van der Waals surface area contributed by atoms with Crippen molar-refractivity contribution in [3.8, 4) is 11.1 Å². The van der Waals surface area contributed by atoms with Crippen molar-refractivity contribution in [1.82, 2.24) is 0 Å². The number of amides is 1. The van der Waals surface area contributed by atoms with E-state index < -0.39 is 11.7 Å². The van der Waals surface area contributed by atoms with Gasteiger partial charge in [0.05, 0.1) is 0 Å². The molecule has 0 radical (unpaired) electrons. The van der Waals surface area contributed by atoms with Crippen molar-refractivity contribution in [3.05, 3.63) is 54.6 Å². The summed E-state index contributed by atoms with van der Waals surface area (Å²) in [6, 6.07) is 17.8. The third-order valence-corrected chi connectivity index (χ3v) is 2.64. The van der Waals surface area contributed by atoms with Gasteiger partial charge in [0.2, 0.25) is 0 Å². The number of nitrogens with one attached hydrogen (secondary N) is 1. The maximum absolute atomic E-state index is 11.6. The molecule has 0 aliphatic heterocycles. The summed E-state index contributed by atoms with van der Waals surface area (Å²) >= 11 is 0. The molecular formula is C17H19NO2. The third-order valence-electron chi connectivity index (χ3n) is 2.64. The van der Waals surface area contributed by atoms with Gasteiger partial charge in [0.25, 0.3) is 0 Å². The highest BCUT2D eigenvalue weighted by atomic mass is 16.6. The number of rotatable bonds is 2. The predicted octanol–water partition coefficient (Wildman–Crippen LogP) is 4.70. The summed E-state index contributed by atoms with van der Waals surface area (Å²) in [5.74, 6) is 0. The molecular weight excluding hydrogens is 250 g/mol. The van der Waals surface area contributed by atoms with Crippen LogP contribution in [0.25, 0.3) is 11.1 Å². The molecule has 104 valence electrons. The molecule has 2 rings (SSSR count). The quantitative estimate of drug-likeness (QED) is 0.858. The molecule has 2 aromatic carbocycles. The summed E-state index contributed by atoms with van der Waals surface area (Å²) in [7, 11) is 0. The van der Waals surface area contributed by atoms with Crippen molar-refractivity contribution < 1.29 is 9.53 Å². The summed E-state index contributed by atoms with van der Waals surface area (Å²) in [5.41, 5.74) is 2.49. The maximum Gasteiger partial charge on any atom is 0.412 e. The van der Waals surface area contributed by atoms with Crippen molar-refractivity contribution in [1.29, 1.82) is 0 Å². The first-order chi connectivity index (χ1) is 9.44. The average Bonchev–Trinajstić information content (AvgIpc) is 2.38. The molecule has 1 N–H and O–H groups in total. The van der Waals surface area contributed by atoms with E-state index in [1.165, 1.54) is 0 Å². The average molecular weight is 269 g/mol. The summed E-state index contributed by atoms with van der Waals surface area (Å²) < 4.78 is 5.21. The Labute approximate surface area is 119 Å². The zero-order valence-electron chi connectivity index (χ0n) is 12.0. The van der Waals surface area contributed by atoms with Gasteiger partial charge in [-0.25, -0.2) is 4.79 Å². The first-order valence-corrected chi connectivity index (χ1v) is 6.59. The van der Waals surface area contributed by atoms with Crippen LogP contribution in [0, 0.1) is 0 Å². The first kappa shape index (κ1) is 14.1. The molecule has 0 aliphatic rings. The second kappa shape index (κ2) is 5.78. The van der Waals surface area contributed by atoms with Crippen molar-refractivity contribution in [2.75, 3.05) is 5.32 Å². The van der Waals surface area contributed by atoms with Gasteiger partial charge >= 0.3 is 6.09 Å². The highest BCUT2D eigenvalue weighted by molar-refractivity contribution is 5.85. The molecule has 0 heterocycles. The number of ether oxygens (including phenoxy) is 1. The fourth-order valence-corrected chi connectivity index (χ4v) is 1.80. The molecule has 0 aromatic heterocycles. The molecule has 3 heteroatoms.